The van der Waals surface area contributed by atoms with Crippen molar-refractivity contribution >= 4 is 42.0 Å². The van der Waals surface area contributed by atoms with E-state index in [4.69, 9.17) is 4.52 Å². The molecule has 0 saturated heterocycles. The van der Waals surface area contributed by atoms with Gasteiger partial charge < -0.3 is 9.84 Å². The lowest BCUT2D eigenvalue weighted by atomic mass is 9.82. The summed E-state index contributed by atoms with van der Waals surface area (Å²) in [6, 6.07) is 12.7. The van der Waals surface area contributed by atoms with Gasteiger partial charge >= 0.3 is 0 Å². The molecular weight excluding hydrogens is 514 g/mol. The molecule has 1 fully saturated rings. The van der Waals surface area contributed by atoms with Gasteiger partial charge in [-0.05, 0) is 77.5 Å². The molecule has 1 atom stereocenters. The number of allylic oxidation sites excluding steroid dienone is 1. The van der Waals surface area contributed by atoms with Crippen molar-refractivity contribution in [1.29, 1.82) is 0 Å². The number of benzene rings is 2. The van der Waals surface area contributed by atoms with Gasteiger partial charge in [-0.15, -0.1) is 9.24 Å². The highest BCUT2D eigenvalue weighted by molar-refractivity contribution is 9.10. The van der Waals surface area contributed by atoms with E-state index < -0.39 is 0 Å². The summed E-state index contributed by atoms with van der Waals surface area (Å²) < 4.78 is 20.4. The molecule has 178 valence electrons. The Morgan fingerprint density at radius 3 is 2.85 bits per heavy atom. The summed E-state index contributed by atoms with van der Waals surface area (Å²) >= 11 is 3.59. The largest absolute Gasteiger partial charge is 0.360 e. The van der Waals surface area contributed by atoms with Gasteiger partial charge in [0.25, 0.3) is 5.91 Å². The van der Waals surface area contributed by atoms with E-state index in [1.54, 1.807) is 18.2 Å². The quantitative estimate of drug-likeness (QED) is 0.319. The molecule has 1 N–H and O–H groups in total. The van der Waals surface area contributed by atoms with E-state index in [0.717, 1.165) is 28.5 Å². The summed E-state index contributed by atoms with van der Waals surface area (Å²) in [6.45, 7) is 2.61. The molecule has 1 saturated carbocycles. The molecule has 7 heteroatoms. The van der Waals surface area contributed by atoms with E-state index in [0.29, 0.717) is 17.9 Å². The van der Waals surface area contributed by atoms with Crippen LogP contribution in [-0.4, -0.2) is 17.6 Å². The zero-order valence-electron chi connectivity index (χ0n) is 19.2. The number of nitrogens with zero attached hydrogens (tertiary/aromatic N) is 1. The minimum atomic E-state index is -0.308. The topological polar surface area (TPSA) is 55.1 Å². The molecule has 0 aliphatic heterocycles. The molecule has 3 aromatic rings. The summed E-state index contributed by atoms with van der Waals surface area (Å²) in [5, 5.41) is 7.73. The van der Waals surface area contributed by atoms with Crippen LogP contribution in [0, 0.1) is 18.7 Å². The average Bonchev–Trinajstić information content (AvgIpc) is 3.24. The smallest absolute Gasteiger partial charge is 0.273 e. The molecule has 1 amide bonds. The van der Waals surface area contributed by atoms with Crippen molar-refractivity contribution in [2.24, 2.45) is 5.92 Å². The SMILES string of the molecule is Cc1ccc(Br)cc1/C(=C\CC1CCC1)CCNC(=O)c1cc(Cc2cc(P)ccc2F)on1. The second-order valence-corrected chi connectivity index (χ2v) is 10.5. The maximum Gasteiger partial charge on any atom is 0.273 e. The number of carbonyl (C=O) groups excluding carboxylic acids is 1. The average molecular weight is 543 g/mol. The van der Waals surface area contributed by atoms with Crippen LogP contribution in [0.3, 0.4) is 0 Å². The van der Waals surface area contributed by atoms with E-state index in [-0.39, 0.29) is 23.8 Å². The first-order valence-corrected chi connectivity index (χ1v) is 13.0. The number of amides is 1. The fourth-order valence-electron chi connectivity index (χ4n) is 4.15. The molecule has 4 nitrogen and oxygen atoms in total. The number of halogens is 2. The van der Waals surface area contributed by atoms with Crippen molar-refractivity contribution in [3.63, 3.8) is 0 Å². The third-order valence-corrected chi connectivity index (χ3v) is 7.23. The fourth-order valence-corrected chi connectivity index (χ4v) is 4.81. The molecule has 34 heavy (non-hydrogen) atoms. The number of hydrogen-bond acceptors (Lipinski definition) is 3. The van der Waals surface area contributed by atoms with Crippen LogP contribution >= 0.6 is 25.2 Å². The molecule has 1 heterocycles. The molecule has 0 bridgehead atoms. The lowest BCUT2D eigenvalue weighted by Crippen LogP contribution is -2.25. The molecular formula is C27H29BrFN2O2P. The molecule has 1 aromatic heterocycles. The standard InChI is InChI=1S/C27H29BrFN2O2P/c1-17-5-8-21(28)15-24(17)19(7-6-18-3-2-4-18)11-12-30-27(32)26-16-22(33-31-26)13-20-14-23(34)9-10-25(20)29/h5,7-10,14-16,18H,2-4,6,11-13,34H2,1H3,(H,30,32)/b19-7-. The number of rotatable bonds is 9. The normalized spacial score (nSPS) is 14.2. The second-order valence-electron chi connectivity index (χ2n) is 8.93. The zero-order chi connectivity index (χ0) is 24.1. The summed E-state index contributed by atoms with van der Waals surface area (Å²) in [5.41, 5.74) is 4.39. The molecule has 2 aromatic carbocycles. The Hall–Kier alpha value is -2.30. The predicted molar refractivity (Wildman–Crippen MR) is 141 cm³/mol. The highest BCUT2D eigenvalue weighted by atomic mass is 79.9. The first-order valence-electron chi connectivity index (χ1n) is 11.6. The molecule has 0 radical (unpaired) electrons. The van der Waals surface area contributed by atoms with Crippen LogP contribution in [0.4, 0.5) is 4.39 Å². The first kappa shape index (κ1) is 24.8. The van der Waals surface area contributed by atoms with Gasteiger partial charge in [-0.2, -0.15) is 0 Å². The van der Waals surface area contributed by atoms with Gasteiger partial charge in [-0.1, -0.05) is 58.6 Å². The van der Waals surface area contributed by atoms with Crippen LogP contribution in [0.1, 0.15) is 65.0 Å². The van der Waals surface area contributed by atoms with Gasteiger partial charge in [0.2, 0.25) is 0 Å². The van der Waals surface area contributed by atoms with E-state index in [1.165, 1.54) is 42.0 Å². The van der Waals surface area contributed by atoms with Crippen molar-refractivity contribution in [2.75, 3.05) is 6.54 Å². The minimum Gasteiger partial charge on any atom is -0.360 e. The Morgan fingerprint density at radius 2 is 2.09 bits per heavy atom. The van der Waals surface area contributed by atoms with Crippen LogP contribution in [-0.2, 0) is 6.42 Å². The van der Waals surface area contributed by atoms with Crippen molar-refractivity contribution in [2.45, 2.75) is 45.4 Å². The second kappa shape index (κ2) is 11.4. The summed E-state index contributed by atoms with van der Waals surface area (Å²) in [4.78, 5) is 12.7. The van der Waals surface area contributed by atoms with E-state index in [2.05, 4.69) is 60.8 Å². The molecule has 4 rings (SSSR count). The van der Waals surface area contributed by atoms with Crippen molar-refractivity contribution in [3.8, 4) is 0 Å². The van der Waals surface area contributed by atoms with Crippen LogP contribution in [0.25, 0.3) is 5.57 Å². The summed E-state index contributed by atoms with van der Waals surface area (Å²) in [5.74, 6) is 0.630. The third kappa shape index (κ3) is 6.43. The Labute approximate surface area is 210 Å². The van der Waals surface area contributed by atoms with Gasteiger partial charge in [0.15, 0.2) is 5.69 Å². The highest BCUT2D eigenvalue weighted by Crippen LogP contribution is 2.32. The predicted octanol–water partition coefficient (Wildman–Crippen LogP) is 6.37. The number of aryl methyl sites for hydroxylation is 1. The highest BCUT2D eigenvalue weighted by Gasteiger charge is 2.18. The Balaban J connectivity index is 1.38. The van der Waals surface area contributed by atoms with E-state index in [1.807, 2.05) is 6.07 Å². The van der Waals surface area contributed by atoms with Crippen LogP contribution < -0.4 is 10.6 Å². The van der Waals surface area contributed by atoms with Crippen molar-refractivity contribution in [3.05, 3.63) is 87.0 Å². The fraction of sp³-hybridized carbons (Fsp3) is 0.333. The van der Waals surface area contributed by atoms with Gasteiger partial charge in [0, 0.05) is 23.5 Å². The third-order valence-electron chi connectivity index (χ3n) is 6.37. The van der Waals surface area contributed by atoms with Gasteiger partial charge in [-0.25, -0.2) is 4.39 Å². The summed E-state index contributed by atoms with van der Waals surface area (Å²) in [7, 11) is 2.55. The number of nitrogens with one attached hydrogen (secondary N) is 1. The lowest BCUT2D eigenvalue weighted by molar-refractivity contribution is 0.0945. The van der Waals surface area contributed by atoms with Gasteiger partial charge in [0.05, 0.1) is 0 Å². The van der Waals surface area contributed by atoms with Gasteiger partial charge in [-0.3, -0.25) is 4.79 Å². The molecule has 0 spiro atoms. The lowest BCUT2D eigenvalue weighted by Gasteiger charge is -2.24. The maximum absolute atomic E-state index is 14.0. The Morgan fingerprint density at radius 1 is 1.26 bits per heavy atom. The Kier molecular flexibility index (Phi) is 8.33. The van der Waals surface area contributed by atoms with Crippen LogP contribution in [0.2, 0.25) is 0 Å². The van der Waals surface area contributed by atoms with Crippen molar-refractivity contribution in [1.82, 2.24) is 10.5 Å². The minimum absolute atomic E-state index is 0.205. The van der Waals surface area contributed by atoms with Crippen LogP contribution in [0.15, 0.2) is 57.5 Å². The number of carbonyl (C=O) groups is 1. The van der Waals surface area contributed by atoms with Crippen molar-refractivity contribution < 1.29 is 13.7 Å². The molecule has 1 aliphatic rings. The number of hydrogen-bond donors (Lipinski definition) is 1. The van der Waals surface area contributed by atoms with E-state index >= 15 is 0 Å². The Bertz CT molecular complexity index is 1200. The zero-order valence-corrected chi connectivity index (χ0v) is 22.0. The number of aromatic nitrogens is 1. The summed E-state index contributed by atoms with van der Waals surface area (Å²) in [6.07, 6.45) is 8.32. The molecule has 1 aliphatic carbocycles. The molecule has 1 unspecified atom stereocenters. The monoisotopic (exact) mass is 542 g/mol. The van der Waals surface area contributed by atoms with Crippen LogP contribution in [0.5, 0.6) is 0 Å². The maximum atomic E-state index is 14.0. The first-order chi connectivity index (χ1) is 16.4. The van der Waals surface area contributed by atoms with Gasteiger partial charge in [0.1, 0.15) is 11.6 Å². The van der Waals surface area contributed by atoms with E-state index in [9.17, 15) is 9.18 Å².